The molecule has 0 unspecified atom stereocenters. The SMILES string of the molecule is N#C/C(=C\c1cccc(NC(=O)c2ccccc2Cl)c1)C(=O)[O-]. The van der Waals surface area contributed by atoms with Crippen LogP contribution >= 0.6 is 11.6 Å². The van der Waals surface area contributed by atoms with Crippen LogP contribution in [0, 0.1) is 11.3 Å². The van der Waals surface area contributed by atoms with Crippen molar-refractivity contribution in [2.75, 3.05) is 5.32 Å². The summed E-state index contributed by atoms with van der Waals surface area (Å²) in [6, 6.07) is 14.5. The summed E-state index contributed by atoms with van der Waals surface area (Å²) in [4.78, 5) is 22.9. The van der Waals surface area contributed by atoms with Gasteiger partial charge in [-0.05, 0) is 35.9 Å². The Morgan fingerprint density at radius 3 is 2.57 bits per heavy atom. The van der Waals surface area contributed by atoms with E-state index in [-0.39, 0.29) is 0 Å². The fourth-order valence-electron chi connectivity index (χ4n) is 1.85. The molecule has 1 amide bonds. The summed E-state index contributed by atoms with van der Waals surface area (Å²) in [5.74, 6) is -1.95. The van der Waals surface area contributed by atoms with E-state index in [9.17, 15) is 14.7 Å². The molecule has 0 saturated carbocycles. The van der Waals surface area contributed by atoms with Crippen molar-refractivity contribution >= 4 is 35.2 Å². The van der Waals surface area contributed by atoms with Gasteiger partial charge in [-0.15, -0.1) is 0 Å². The minimum absolute atomic E-state index is 0.322. The largest absolute Gasteiger partial charge is 0.544 e. The molecule has 2 aromatic rings. The number of carbonyl (C=O) groups is 2. The quantitative estimate of drug-likeness (QED) is 0.689. The minimum Gasteiger partial charge on any atom is -0.544 e. The predicted octanol–water partition coefficient (Wildman–Crippen LogP) is 2.25. The maximum Gasteiger partial charge on any atom is 0.257 e. The fraction of sp³-hybridized carbons (Fsp3) is 0. The molecule has 0 aliphatic rings. The van der Waals surface area contributed by atoms with Crippen LogP contribution in [0.15, 0.2) is 54.1 Å². The second-order valence-corrected chi connectivity index (χ2v) is 4.92. The molecule has 0 fully saturated rings. The van der Waals surface area contributed by atoms with E-state index < -0.39 is 17.4 Å². The number of nitrogens with one attached hydrogen (secondary N) is 1. The van der Waals surface area contributed by atoms with Gasteiger partial charge in [0.1, 0.15) is 6.07 Å². The second kappa shape index (κ2) is 7.25. The summed E-state index contributed by atoms with van der Waals surface area (Å²) in [5, 5.41) is 22.4. The van der Waals surface area contributed by atoms with Gasteiger partial charge in [0.15, 0.2) is 0 Å². The van der Waals surface area contributed by atoms with Gasteiger partial charge in [0.05, 0.1) is 22.1 Å². The van der Waals surface area contributed by atoms with Crippen LogP contribution in [0.1, 0.15) is 15.9 Å². The smallest absolute Gasteiger partial charge is 0.257 e. The van der Waals surface area contributed by atoms with E-state index in [0.29, 0.717) is 21.8 Å². The molecule has 114 valence electrons. The molecule has 0 aromatic heterocycles. The van der Waals surface area contributed by atoms with Gasteiger partial charge in [-0.2, -0.15) is 5.26 Å². The average molecular weight is 326 g/mol. The first-order chi connectivity index (χ1) is 11.0. The summed E-state index contributed by atoms with van der Waals surface area (Å²) in [6.45, 7) is 0. The zero-order chi connectivity index (χ0) is 16.8. The number of carbonyl (C=O) groups excluding carboxylic acids is 2. The topological polar surface area (TPSA) is 93.0 Å². The Bertz CT molecular complexity index is 838. The van der Waals surface area contributed by atoms with E-state index >= 15 is 0 Å². The van der Waals surface area contributed by atoms with Gasteiger partial charge in [-0.25, -0.2) is 0 Å². The number of carboxylic acid groups (broad SMARTS) is 1. The van der Waals surface area contributed by atoms with E-state index in [2.05, 4.69) is 5.32 Å². The minimum atomic E-state index is -1.56. The number of nitriles is 1. The molecule has 0 saturated heterocycles. The Morgan fingerprint density at radius 1 is 1.17 bits per heavy atom. The number of rotatable bonds is 4. The van der Waals surface area contributed by atoms with Crippen molar-refractivity contribution in [3.63, 3.8) is 0 Å². The molecule has 0 spiro atoms. The van der Waals surface area contributed by atoms with Crippen LogP contribution in [0.3, 0.4) is 0 Å². The highest BCUT2D eigenvalue weighted by molar-refractivity contribution is 6.34. The normalized spacial score (nSPS) is 10.7. The molecule has 0 aliphatic carbocycles. The van der Waals surface area contributed by atoms with Crippen LogP contribution in [-0.4, -0.2) is 11.9 Å². The van der Waals surface area contributed by atoms with E-state index in [1.165, 1.54) is 18.2 Å². The number of carboxylic acids is 1. The lowest BCUT2D eigenvalue weighted by atomic mass is 10.1. The summed E-state index contributed by atoms with van der Waals surface area (Å²) in [5.41, 5.74) is 0.712. The number of aliphatic carboxylic acids is 1. The van der Waals surface area contributed by atoms with Crippen LogP contribution in [0.4, 0.5) is 5.69 Å². The Hall–Kier alpha value is -3.10. The van der Waals surface area contributed by atoms with Crippen LogP contribution in [-0.2, 0) is 4.79 Å². The molecule has 0 aliphatic heterocycles. The fourth-order valence-corrected chi connectivity index (χ4v) is 2.08. The van der Waals surface area contributed by atoms with Crippen LogP contribution in [0.25, 0.3) is 6.08 Å². The van der Waals surface area contributed by atoms with E-state index in [0.717, 1.165) is 0 Å². The van der Waals surface area contributed by atoms with E-state index in [1.807, 2.05) is 0 Å². The summed E-state index contributed by atoms with van der Waals surface area (Å²) in [7, 11) is 0. The van der Waals surface area contributed by atoms with Crippen molar-refractivity contribution < 1.29 is 14.7 Å². The van der Waals surface area contributed by atoms with Crippen molar-refractivity contribution in [3.05, 3.63) is 70.3 Å². The van der Waals surface area contributed by atoms with Crippen molar-refractivity contribution in [2.24, 2.45) is 0 Å². The third kappa shape index (κ3) is 4.19. The first-order valence-electron chi connectivity index (χ1n) is 6.50. The number of hydrogen-bond acceptors (Lipinski definition) is 4. The lowest BCUT2D eigenvalue weighted by Crippen LogP contribution is -2.23. The highest BCUT2D eigenvalue weighted by atomic mass is 35.5. The Kier molecular flexibility index (Phi) is 5.13. The summed E-state index contributed by atoms with van der Waals surface area (Å²) < 4.78 is 0. The number of nitrogens with zero attached hydrogens (tertiary/aromatic N) is 1. The standard InChI is InChI=1S/C17H11ClN2O3/c18-15-7-2-1-6-14(15)16(21)20-13-5-3-4-11(9-13)8-12(10-19)17(22)23/h1-9H,(H,20,21)(H,22,23)/p-1/b12-8+. The molecule has 23 heavy (non-hydrogen) atoms. The van der Waals surface area contributed by atoms with E-state index in [4.69, 9.17) is 16.9 Å². The molecule has 6 heteroatoms. The maximum absolute atomic E-state index is 12.2. The first kappa shape index (κ1) is 16.3. The zero-order valence-corrected chi connectivity index (χ0v) is 12.5. The third-order valence-corrected chi connectivity index (χ3v) is 3.24. The monoisotopic (exact) mass is 325 g/mol. The number of hydrogen-bond donors (Lipinski definition) is 1. The maximum atomic E-state index is 12.2. The van der Waals surface area contributed by atoms with E-state index in [1.54, 1.807) is 42.5 Å². The summed E-state index contributed by atoms with van der Waals surface area (Å²) >= 11 is 5.96. The molecule has 0 bridgehead atoms. The van der Waals surface area contributed by atoms with Gasteiger partial charge in [0, 0.05) is 5.69 Å². The molecule has 0 radical (unpaired) electrons. The van der Waals surface area contributed by atoms with Crippen LogP contribution in [0.2, 0.25) is 5.02 Å². The molecule has 0 heterocycles. The molecule has 5 nitrogen and oxygen atoms in total. The van der Waals surface area contributed by atoms with Gasteiger partial charge in [0.2, 0.25) is 0 Å². The summed E-state index contributed by atoms with van der Waals surface area (Å²) in [6.07, 6.45) is 1.17. The highest BCUT2D eigenvalue weighted by Gasteiger charge is 2.09. The van der Waals surface area contributed by atoms with Crippen LogP contribution in [0.5, 0.6) is 0 Å². The van der Waals surface area contributed by atoms with Gasteiger partial charge >= 0.3 is 0 Å². The van der Waals surface area contributed by atoms with Crippen molar-refractivity contribution in [3.8, 4) is 6.07 Å². The molecule has 1 N–H and O–H groups in total. The molecule has 2 rings (SSSR count). The number of anilines is 1. The molecule has 2 aromatic carbocycles. The number of halogens is 1. The predicted molar refractivity (Wildman–Crippen MR) is 84.4 cm³/mol. The average Bonchev–Trinajstić information content (AvgIpc) is 2.53. The first-order valence-corrected chi connectivity index (χ1v) is 6.88. The number of amides is 1. The lowest BCUT2D eigenvalue weighted by Gasteiger charge is -2.07. The Morgan fingerprint density at radius 2 is 1.91 bits per heavy atom. The Balaban J connectivity index is 2.24. The van der Waals surface area contributed by atoms with Gasteiger partial charge < -0.3 is 15.2 Å². The molecule has 0 atom stereocenters. The second-order valence-electron chi connectivity index (χ2n) is 4.52. The lowest BCUT2D eigenvalue weighted by molar-refractivity contribution is -0.298. The van der Waals surface area contributed by atoms with Crippen LogP contribution < -0.4 is 10.4 Å². The van der Waals surface area contributed by atoms with Gasteiger partial charge in [-0.3, -0.25) is 4.79 Å². The highest BCUT2D eigenvalue weighted by Crippen LogP contribution is 2.18. The number of benzene rings is 2. The van der Waals surface area contributed by atoms with Crippen molar-refractivity contribution in [2.45, 2.75) is 0 Å². The van der Waals surface area contributed by atoms with Gasteiger partial charge in [0.25, 0.3) is 5.91 Å². The molecular formula is C17H10ClN2O3-. The zero-order valence-electron chi connectivity index (χ0n) is 11.7. The third-order valence-electron chi connectivity index (χ3n) is 2.91. The van der Waals surface area contributed by atoms with Crippen molar-refractivity contribution in [1.82, 2.24) is 0 Å². The van der Waals surface area contributed by atoms with Crippen molar-refractivity contribution in [1.29, 1.82) is 5.26 Å². The van der Waals surface area contributed by atoms with Gasteiger partial charge in [-0.1, -0.05) is 35.9 Å². The Labute approximate surface area is 137 Å². The molecular weight excluding hydrogens is 316 g/mol.